The minimum absolute atomic E-state index is 0.160. The summed E-state index contributed by atoms with van der Waals surface area (Å²) in [5.74, 6) is -0.160. The summed E-state index contributed by atoms with van der Waals surface area (Å²) >= 11 is 0. The number of carbonyl (C=O) groups is 1. The molecule has 0 atom stereocenters. The molecule has 1 aromatic carbocycles. The molecule has 0 radical (unpaired) electrons. The molecule has 0 bridgehead atoms. The van der Waals surface area contributed by atoms with E-state index in [0.717, 1.165) is 35.0 Å². The first-order chi connectivity index (χ1) is 12.0. The monoisotopic (exact) mass is 341 g/mol. The maximum absolute atomic E-state index is 12.6. The van der Waals surface area contributed by atoms with Gasteiger partial charge in [0.25, 0.3) is 5.56 Å². The molecule has 2 heterocycles. The number of likely N-dealkylation sites (tertiary alicyclic amines) is 1. The molecule has 0 saturated carbocycles. The van der Waals surface area contributed by atoms with E-state index in [1.54, 1.807) is 4.90 Å². The Morgan fingerprint density at radius 2 is 1.68 bits per heavy atom. The summed E-state index contributed by atoms with van der Waals surface area (Å²) in [5, 5.41) is 0. The third-order valence-corrected chi connectivity index (χ3v) is 4.62. The summed E-state index contributed by atoms with van der Waals surface area (Å²) in [6.07, 6.45) is 4.57. The van der Waals surface area contributed by atoms with Gasteiger partial charge in [-0.2, -0.15) is 0 Å². The van der Waals surface area contributed by atoms with Gasteiger partial charge < -0.3 is 4.90 Å². The molecule has 0 N–H and O–H groups in total. The molecule has 6 nitrogen and oxygen atoms in total. The van der Waals surface area contributed by atoms with E-state index in [4.69, 9.17) is 0 Å². The van der Waals surface area contributed by atoms with E-state index in [-0.39, 0.29) is 12.5 Å². The van der Waals surface area contributed by atoms with Gasteiger partial charge in [-0.1, -0.05) is 29.8 Å². The molecular formula is C19H23N3O3. The highest BCUT2D eigenvalue weighted by atomic mass is 16.2. The molecular weight excluding hydrogens is 318 g/mol. The van der Waals surface area contributed by atoms with E-state index in [1.165, 1.54) is 16.8 Å². The lowest BCUT2D eigenvalue weighted by Crippen LogP contribution is -2.45. The number of aryl methyl sites for hydroxylation is 1. The fraction of sp³-hybridized carbons (Fsp3) is 0.421. The third-order valence-electron chi connectivity index (χ3n) is 4.62. The van der Waals surface area contributed by atoms with Gasteiger partial charge in [0.1, 0.15) is 6.54 Å². The molecule has 1 saturated heterocycles. The van der Waals surface area contributed by atoms with Gasteiger partial charge in [0, 0.05) is 25.4 Å². The number of amides is 1. The largest absolute Gasteiger partial charge is 0.341 e. The number of hydrogen-bond acceptors (Lipinski definition) is 3. The lowest BCUT2D eigenvalue weighted by Gasteiger charge is -2.26. The van der Waals surface area contributed by atoms with Crippen molar-refractivity contribution < 1.29 is 4.79 Å². The maximum atomic E-state index is 12.6. The van der Waals surface area contributed by atoms with Crippen molar-refractivity contribution in [2.24, 2.45) is 0 Å². The Labute approximate surface area is 146 Å². The van der Waals surface area contributed by atoms with Crippen LogP contribution in [0.3, 0.4) is 0 Å². The Morgan fingerprint density at radius 1 is 1.00 bits per heavy atom. The van der Waals surface area contributed by atoms with Gasteiger partial charge in [-0.3, -0.25) is 18.7 Å². The molecule has 25 heavy (non-hydrogen) atoms. The lowest BCUT2D eigenvalue weighted by molar-refractivity contribution is -0.132. The minimum Gasteiger partial charge on any atom is -0.341 e. The predicted octanol–water partition coefficient (Wildman–Crippen LogP) is 1.38. The van der Waals surface area contributed by atoms with Crippen LogP contribution in [0.5, 0.6) is 0 Å². The summed E-state index contributed by atoms with van der Waals surface area (Å²) < 4.78 is 2.50. The van der Waals surface area contributed by atoms with E-state index in [2.05, 4.69) is 0 Å². The molecule has 3 rings (SSSR count). The smallest absolute Gasteiger partial charge is 0.331 e. The molecule has 6 heteroatoms. The van der Waals surface area contributed by atoms with Crippen molar-refractivity contribution in [1.29, 1.82) is 0 Å². The first-order valence-electron chi connectivity index (χ1n) is 8.68. The van der Waals surface area contributed by atoms with Gasteiger partial charge in [0.05, 0.1) is 6.54 Å². The molecule has 2 aromatic rings. The molecule has 1 aliphatic heterocycles. The van der Waals surface area contributed by atoms with Crippen LogP contribution in [0, 0.1) is 6.92 Å². The summed E-state index contributed by atoms with van der Waals surface area (Å²) in [6.45, 7) is 3.60. The minimum atomic E-state index is -0.446. The van der Waals surface area contributed by atoms with Crippen molar-refractivity contribution >= 4 is 5.91 Å². The Kier molecular flexibility index (Phi) is 5.16. The molecule has 0 aliphatic carbocycles. The molecule has 1 aromatic heterocycles. The lowest BCUT2D eigenvalue weighted by atomic mass is 10.1. The van der Waals surface area contributed by atoms with Gasteiger partial charge >= 0.3 is 5.69 Å². The van der Waals surface area contributed by atoms with Crippen molar-refractivity contribution in [3.63, 3.8) is 0 Å². The molecule has 0 unspecified atom stereocenters. The highest BCUT2D eigenvalue weighted by Gasteiger charge is 2.18. The fourth-order valence-corrected chi connectivity index (χ4v) is 3.09. The number of aromatic nitrogens is 2. The van der Waals surface area contributed by atoms with Crippen molar-refractivity contribution in [3.05, 3.63) is 68.5 Å². The van der Waals surface area contributed by atoms with Crippen LogP contribution in [0.25, 0.3) is 0 Å². The van der Waals surface area contributed by atoms with Crippen molar-refractivity contribution in [1.82, 2.24) is 14.0 Å². The molecule has 1 amide bonds. The van der Waals surface area contributed by atoms with Gasteiger partial charge in [-0.15, -0.1) is 0 Å². The number of rotatable bonds is 4. The summed E-state index contributed by atoms with van der Waals surface area (Å²) in [5.41, 5.74) is 1.24. The average molecular weight is 341 g/mol. The van der Waals surface area contributed by atoms with Crippen molar-refractivity contribution in [3.8, 4) is 0 Å². The first kappa shape index (κ1) is 17.2. The van der Waals surface area contributed by atoms with Crippen molar-refractivity contribution in [2.45, 2.75) is 39.3 Å². The normalized spacial score (nSPS) is 14.5. The topological polar surface area (TPSA) is 64.3 Å². The SMILES string of the molecule is Cc1ccc(Cn2ccc(=O)n(CC(=O)N3CCCCC3)c2=O)cc1. The third kappa shape index (κ3) is 4.07. The quantitative estimate of drug-likeness (QED) is 0.844. The van der Waals surface area contributed by atoms with Crippen LogP contribution in [-0.2, 0) is 17.9 Å². The highest BCUT2D eigenvalue weighted by Crippen LogP contribution is 2.09. The van der Waals surface area contributed by atoms with Crippen LogP contribution in [0.15, 0.2) is 46.1 Å². The Balaban J connectivity index is 1.82. The number of nitrogens with zero attached hydrogens (tertiary/aromatic N) is 3. The number of hydrogen-bond donors (Lipinski definition) is 0. The highest BCUT2D eigenvalue weighted by molar-refractivity contribution is 5.76. The second kappa shape index (κ2) is 7.51. The first-order valence-corrected chi connectivity index (χ1v) is 8.68. The number of carbonyl (C=O) groups excluding carboxylic acids is 1. The second-order valence-electron chi connectivity index (χ2n) is 6.58. The van der Waals surface area contributed by atoms with Crippen LogP contribution in [0.4, 0.5) is 0 Å². The van der Waals surface area contributed by atoms with Crippen LogP contribution >= 0.6 is 0 Å². The van der Waals surface area contributed by atoms with Crippen LogP contribution < -0.4 is 11.2 Å². The zero-order valence-corrected chi connectivity index (χ0v) is 14.5. The fourth-order valence-electron chi connectivity index (χ4n) is 3.09. The molecule has 0 spiro atoms. The number of piperidine rings is 1. The van der Waals surface area contributed by atoms with Gasteiger partial charge in [0.2, 0.25) is 5.91 Å². The molecule has 132 valence electrons. The van der Waals surface area contributed by atoms with E-state index in [1.807, 2.05) is 31.2 Å². The van der Waals surface area contributed by atoms with Gasteiger partial charge in [0.15, 0.2) is 0 Å². The van der Waals surface area contributed by atoms with E-state index < -0.39 is 11.2 Å². The van der Waals surface area contributed by atoms with Crippen molar-refractivity contribution in [2.75, 3.05) is 13.1 Å². The zero-order valence-electron chi connectivity index (χ0n) is 14.5. The summed E-state index contributed by atoms with van der Waals surface area (Å²) in [6, 6.07) is 9.22. The predicted molar refractivity (Wildman–Crippen MR) is 95.7 cm³/mol. The standard InChI is InChI=1S/C19H23N3O3/c1-15-5-7-16(8-6-15)13-21-12-9-17(23)22(19(21)25)14-18(24)20-10-3-2-4-11-20/h5-9,12H,2-4,10-11,13-14H2,1H3. The average Bonchev–Trinajstić information content (AvgIpc) is 2.63. The maximum Gasteiger partial charge on any atom is 0.331 e. The molecule has 1 aliphatic rings. The van der Waals surface area contributed by atoms with Crippen LogP contribution in [0.1, 0.15) is 30.4 Å². The Bertz CT molecular complexity index is 859. The van der Waals surface area contributed by atoms with Gasteiger partial charge in [-0.05, 0) is 31.7 Å². The van der Waals surface area contributed by atoms with Crippen LogP contribution in [0.2, 0.25) is 0 Å². The Morgan fingerprint density at radius 3 is 2.36 bits per heavy atom. The van der Waals surface area contributed by atoms with E-state index in [9.17, 15) is 14.4 Å². The van der Waals surface area contributed by atoms with E-state index >= 15 is 0 Å². The van der Waals surface area contributed by atoms with Crippen LogP contribution in [-0.4, -0.2) is 33.0 Å². The molecule has 1 fully saturated rings. The second-order valence-corrected chi connectivity index (χ2v) is 6.58. The Hall–Kier alpha value is -2.63. The zero-order chi connectivity index (χ0) is 17.8. The van der Waals surface area contributed by atoms with E-state index in [0.29, 0.717) is 19.6 Å². The number of benzene rings is 1. The summed E-state index contributed by atoms with van der Waals surface area (Å²) in [4.78, 5) is 38.9. The summed E-state index contributed by atoms with van der Waals surface area (Å²) in [7, 11) is 0. The van der Waals surface area contributed by atoms with Gasteiger partial charge in [-0.25, -0.2) is 4.79 Å².